The van der Waals surface area contributed by atoms with Crippen molar-refractivity contribution in [2.75, 3.05) is 12.4 Å². The average molecular weight is 475 g/mol. The molecule has 5 nitrogen and oxygen atoms in total. The van der Waals surface area contributed by atoms with Crippen LogP contribution in [0.2, 0.25) is 0 Å². The molecule has 0 bridgehead atoms. The van der Waals surface area contributed by atoms with Crippen molar-refractivity contribution < 1.29 is 18.7 Å². The first-order valence-corrected chi connectivity index (χ1v) is 12.0. The third-order valence-corrected chi connectivity index (χ3v) is 7.30. The van der Waals surface area contributed by atoms with Gasteiger partial charge in [0.2, 0.25) is 0 Å². The van der Waals surface area contributed by atoms with Crippen molar-refractivity contribution in [2.45, 2.75) is 19.3 Å². The number of aromatic nitrogens is 1. The number of rotatable bonds is 6. The predicted molar refractivity (Wildman–Crippen MR) is 132 cm³/mol. The minimum Gasteiger partial charge on any atom is -0.469 e. The van der Waals surface area contributed by atoms with Crippen molar-refractivity contribution in [1.82, 2.24) is 4.98 Å². The number of hydrogen-bond donors (Lipinski definition) is 1. The highest BCUT2D eigenvalue weighted by atomic mass is 32.1. The van der Waals surface area contributed by atoms with E-state index in [1.807, 2.05) is 48.5 Å². The van der Waals surface area contributed by atoms with Gasteiger partial charge < -0.3 is 10.1 Å². The maximum Gasteiger partial charge on any atom is 0.309 e. The van der Waals surface area contributed by atoms with Gasteiger partial charge in [-0.05, 0) is 48.2 Å². The number of Topliss-reactive ketones (excluding diaryl/α,β-unsaturated/α-hetero) is 1. The minimum atomic E-state index is -0.341. The largest absolute Gasteiger partial charge is 0.469 e. The van der Waals surface area contributed by atoms with Crippen LogP contribution in [0.25, 0.3) is 21.3 Å². The summed E-state index contributed by atoms with van der Waals surface area (Å²) in [5, 5.41) is 3.97. The third kappa shape index (κ3) is 4.43. The zero-order valence-electron chi connectivity index (χ0n) is 18.6. The lowest BCUT2D eigenvalue weighted by atomic mass is 9.88. The summed E-state index contributed by atoms with van der Waals surface area (Å²) in [6.45, 7) is 0. The molecular weight excluding hydrogens is 451 g/mol. The molecule has 4 aromatic rings. The normalized spacial score (nSPS) is 17.6. The van der Waals surface area contributed by atoms with Gasteiger partial charge in [-0.1, -0.05) is 54.2 Å². The molecule has 1 saturated carbocycles. The van der Waals surface area contributed by atoms with Crippen LogP contribution in [0.15, 0.2) is 66.7 Å². The number of ether oxygens (including phenoxy) is 1. The molecule has 34 heavy (non-hydrogen) atoms. The van der Waals surface area contributed by atoms with E-state index < -0.39 is 0 Å². The summed E-state index contributed by atoms with van der Waals surface area (Å²) in [4.78, 5) is 29.4. The fourth-order valence-corrected chi connectivity index (χ4v) is 5.44. The fraction of sp³-hybridized carbons (Fsp3) is 0.222. The standard InChI is InChI=1S/C27H23FN2O3S/c1-33-26(32)22-4-2-3-21(22)25(31)18-7-5-16(6-8-18)17-9-12-20(13-10-17)29-27-30-23-15-19(28)11-14-24(23)34-27/h5-15,21-22H,2-4H2,1H3,(H,29,30). The lowest BCUT2D eigenvalue weighted by Gasteiger charge is -2.16. The van der Waals surface area contributed by atoms with E-state index in [0.29, 0.717) is 22.6 Å². The second-order valence-corrected chi connectivity index (χ2v) is 9.47. The van der Waals surface area contributed by atoms with E-state index in [4.69, 9.17) is 4.74 Å². The van der Waals surface area contributed by atoms with Crippen LogP contribution in [0.5, 0.6) is 0 Å². The van der Waals surface area contributed by atoms with Crippen molar-refractivity contribution in [3.05, 3.63) is 78.1 Å². The van der Waals surface area contributed by atoms with Crippen molar-refractivity contribution in [1.29, 1.82) is 0 Å². The molecule has 1 aromatic heterocycles. The van der Waals surface area contributed by atoms with Gasteiger partial charge in [0.05, 0.1) is 23.2 Å². The Bertz CT molecular complexity index is 1350. The number of thiazole rings is 1. The summed E-state index contributed by atoms with van der Waals surface area (Å²) in [7, 11) is 1.37. The Morgan fingerprint density at radius 1 is 0.971 bits per heavy atom. The molecular formula is C27H23FN2O3S. The molecule has 0 aliphatic heterocycles. The van der Waals surface area contributed by atoms with Gasteiger partial charge in [-0.15, -0.1) is 0 Å². The third-order valence-electron chi connectivity index (χ3n) is 6.35. The number of hydrogen-bond acceptors (Lipinski definition) is 6. The number of halogens is 1. The van der Waals surface area contributed by atoms with Gasteiger partial charge in [-0.2, -0.15) is 0 Å². The Morgan fingerprint density at radius 3 is 2.35 bits per heavy atom. The van der Waals surface area contributed by atoms with E-state index in [9.17, 15) is 14.0 Å². The molecule has 2 unspecified atom stereocenters. The van der Waals surface area contributed by atoms with Gasteiger partial charge in [0.1, 0.15) is 5.82 Å². The molecule has 0 spiro atoms. The second-order valence-electron chi connectivity index (χ2n) is 8.44. The number of nitrogens with zero attached hydrogens (tertiary/aromatic N) is 1. The van der Waals surface area contributed by atoms with Crippen LogP contribution >= 0.6 is 11.3 Å². The first-order chi connectivity index (χ1) is 16.5. The number of esters is 1. The van der Waals surface area contributed by atoms with Gasteiger partial charge in [0, 0.05) is 23.2 Å². The topological polar surface area (TPSA) is 68.3 Å². The predicted octanol–water partition coefficient (Wildman–Crippen LogP) is 6.62. The van der Waals surface area contributed by atoms with Crippen molar-refractivity contribution >= 4 is 44.1 Å². The van der Waals surface area contributed by atoms with Crippen LogP contribution in [-0.4, -0.2) is 23.8 Å². The summed E-state index contributed by atoms with van der Waals surface area (Å²) >= 11 is 1.47. The average Bonchev–Trinajstić information content (AvgIpc) is 3.50. The maximum atomic E-state index is 13.4. The molecule has 0 amide bonds. The van der Waals surface area contributed by atoms with Crippen LogP contribution in [0.4, 0.5) is 15.2 Å². The van der Waals surface area contributed by atoms with Gasteiger partial charge in [0.25, 0.3) is 0 Å². The highest BCUT2D eigenvalue weighted by Crippen LogP contribution is 2.35. The number of carbonyl (C=O) groups is 2. The second kappa shape index (κ2) is 9.35. The molecule has 1 aliphatic carbocycles. The van der Waals surface area contributed by atoms with Crippen LogP contribution in [0.1, 0.15) is 29.6 Å². The van der Waals surface area contributed by atoms with E-state index in [1.165, 1.54) is 30.6 Å². The quantitative estimate of drug-likeness (QED) is 0.251. The molecule has 1 heterocycles. The zero-order chi connectivity index (χ0) is 23.7. The molecule has 0 radical (unpaired) electrons. The Hall–Kier alpha value is -3.58. The fourth-order valence-electron chi connectivity index (χ4n) is 4.57. The molecule has 3 aromatic carbocycles. The smallest absolute Gasteiger partial charge is 0.309 e. The van der Waals surface area contributed by atoms with Crippen LogP contribution in [0.3, 0.4) is 0 Å². The Labute approximate surface area is 200 Å². The minimum absolute atomic E-state index is 0.00899. The molecule has 1 aliphatic rings. The highest BCUT2D eigenvalue weighted by Gasteiger charge is 2.38. The number of carbonyl (C=O) groups excluding carboxylic acids is 2. The number of nitrogens with one attached hydrogen (secondary N) is 1. The van der Waals surface area contributed by atoms with E-state index >= 15 is 0 Å². The molecule has 5 rings (SSSR count). The molecule has 1 fully saturated rings. The molecule has 7 heteroatoms. The lowest BCUT2D eigenvalue weighted by Crippen LogP contribution is -2.26. The Balaban J connectivity index is 1.28. The monoisotopic (exact) mass is 474 g/mol. The summed E-state index contributed by atoms with van der Waals surface area (Å²) < 4.78 is 19.2. The Morgan fingerprint density at radius 2 is 1.65 bits per heavy atom. The SMILES string of the molecule is COC(=O)C1CCCC1C(=O)c1ccc(-c2ccc(Nc3nc4cc(F)ccc4s3)cc2)cc1. The molecule has 0 saturated heterocycles. The van der Waals surface area contributed by atoms with Crippen molar-refractivity contribution in [3.63, 3.8) is 0 Å². The zero-order valence-corrected chi connectivity index (χ0v) is 19.4. The van der Waals surface area contributed by atoms with Gasteiger partial charge >= 0.3 is 5.97 Å². The van der Waals surface area contributed by atoms with Gasteiger partial charge in [-0.25, -0.2) is 9.37 Å². The number of benzene rings is 3. The first kappa shape index (κ1) is 22.2. The van der Waals surface area contributed by atoms with Crippen LogP contribution in [0, 0.1) is 17.7 Å². The van der Waals surface area contributed by atoms with E-state index in [1.54, 1.807) is 6.07 Å². The summed E-state index contributed by atoms with van der Waals surface area (Å²) in [5.74, 6) is -1.23. The van der Waals surface area contributed by atoms with Crippen molar-refractivity contribution in [3.8, 4) is 11.1 Å². The van der Waals surface area contributed by atoms with E-state index in [-0.39, 0.29) is 29.4 Å². The van der Waals surface area contributed by atoms with Gasteiger partial charge in [-0.3, -0.25) is 9.59 Å². The first-order valence-electron chi connectivity index (χ1n) is 11.2. The molecule has 172 valence electrons. The number of anilines is 2. The Kier molecular flexibility index (Phi) is 6.11. The molecule has 1 N–H and O–H groups in total. The molecule has 2 atom stereocenters. The number of fused-ring (bicyclic) bond motifs is 1. The van der Waals surface area contributed by atoms with E-state index in [0.717, 1.165) is 34.4 Å². The summed E-state index contributed by atoms with van der Waals surface area (Å²) in [5.41, 5.74) is 4.15. The van der Waals surface area contributed by atoms with Crippen molar-refractivity contribution in [2.24, 2.45) is 11.8 Å². The van der Waals surface area contributed by atoms with Gasteiger partial charge in [0.15, 0.2) is 10.9 Å². The summed E-state index contributed by atoms with van der Waals surface area (Å²) in [6, 6.07) is 20.0. The van der Waals surface area contributed by atoms with E-state index in [2.05, 4.69) is 10.3 Å². The summed E-state index contributed by atoms with van der Waals surface area (Å²) in [6.07, 6.45) is 2.29. The van der Waals surface area contributed by atoms with Crippen LogP contribution in [-0.2, 0) is 9.53 Å². The lowest BCUT2D eigenvalue weighted by molar-refractivity contribution is -0.146. The van der Waals surface area contributed by atoms with Crippen LogP contribution < -0.4 is 5.32 Å². The maximum absolute atomic E-state index is 13.4. The number of ketones is 1. The highest BCUT2D eigenvalue weighted by molar-refractivity contribution is 7.22. The number of methoxy groups -OCH3 is 1.